The Morgan fingerprint density at radius 2 is 2.19 bits per heavy atom. The molecule has 112 valence electrons. The average molecular weight is 326 g/mol. The van der Waals surface area contributed by atoms with Crippen LogP contribution < -0.4 is 5.32 Å². The van der Waals surface area contributed by atoms with Crippen molar-refractivity contribution in [2.45, 2.75) is 18.9 Å². The van der Waals surface area contributed by atoms with E-state index in [9.17, 15) is 9.59 Å². The highest BCUT2D eigenvalue weighted by atomic mass is 32.1. The van der Waals surface area contributed by atoms with Crippen LogP contribution in [0.4, 0.5) is 0 Å². The number of aliphatic carboxylic acids is 1. The molecule has 2 heterocycles. The minimum Gasteiger partial charge on any atom is -0.480 e. The van der Waals surface area contributed by atoms with Gasteiger partial charge in [-0.2, -0.15) is 11.3 Å². The minimum atomic E-state index is -1.16. The maximum Gasteiger partial charge on any atom is 0.326 e. The van der Waals surface area contributed by atoms with Gasteiger partial charge in [0.1, 0.15) is 11.0 Å². The number of rotatable bonds is 7. The van der Waals surface area contributed by atoms with Crippen LogP contribution in [0.15, 0.2) is 22.2 Å². The lowest BCUT2D eigenvalue weighted by atomic mass is 10.2. The zero-order valence-corrected chi connectivity index (χ0v) is 12.6. The lowest BCUT2D eigenvalue weighted by Crippen LogP contribution is -2.42. The zero-order chi connectivity index (χ0) is 15.2. The van der Waals surface area contributed by atoms with Crippen LogP contribution in [0.25, 0.3) is 10.6 Å². The zero-order valence-electron chi connectivity index (χ0n) is 11.0. The molecule has 1 atom stereocenters. The number of thiophene rings is 1. The SMILES string of the molecule is O=C(Cc1csc(-c2ccsc2)n1)N[C@H](CCO)C(=O)O. The Hall–Kier alpha value is -1.77. The van der Waals surface area contributed by atoms with Crippen molar-refractivity contribution in [2.24, 2.45) is 0 Å². The lowest BCUT2D eigenvalue weighted by Gasteiger charge is -2.12. The quantitative estimate of drug-likeness (QED) is 0.713. The van der Waals surface area contributed by atoms with Crippen molar-refractivity contribution in [2.75, 3.05) is 6.61 Å². The third-order valence-electron chi connectivity index (χ3n) is 2.71. The average Bonchev–Trinajstić information content (AvgIpc) is 3.08. The highest BCUT2D eigenvalue weighted by Crippen LogP contribution is 2.25. The van der Waals surface area contributed by atoms with E-state index in [0.717, 1.165) is 10.6 Å². The van der Waals surface area contributed by atoms with Crippen LogP contribution >= 0.6 is 22.7 Å². The molecule has 0 spiro atoms. The van der Waals surface area contributed by atoms with Gasteiger partial charge in [-0.25, -0.2) is 9.78 Å². The molecule has 6 nitrogen and oxygen atoms in total. The van der Waals surface area contributed by atoms with E-state index in [1.165, 1.54) is 11.3 Å². The van der Waals surface area contributed by atoms with Gasteiger partial charge in [0.2, 0.25) is 5.91 Å². The summed E-state index contributed by atoms with van der Waals surface area (Å²) < 4.78 is 0. The Bertz CT molecular complexity index is 609. The standard InChI is InChI=1S/C13H14N2O4S2/c16-3-1-10(13(18)19)15-11(17)5-9-7-21-12(14-9)8-2-4-20-6-8/h2,4,6-7,10,16H,1,3,5H2,(H,15,17)(H,18,19)/t10-/m1/s1. The Kier molecular flexibility index (Phi) is 5.43. The summed E-state index contributed by atoms with van der Waals surface area (Å²) in [5, 5.41) is 26.6. The van der Waals surface area contributed by atoms with Crippen molar-refractivity contribution >= 4 is 34.6 Å². The molecule has 3 N–H and O–H groups in total. The molecule has 0 aliphatic heterocycles. The summed E-state index contributed by atoms with van der Waals surface area (Å²) in [7, 11) is 0. The van der Waals surface area contributed by atoms with E-state index >= 15 is 0 Å². The van der Waals surface area contributed by atoms with Crippen LogP contribution in [0.5, 0.6) is 0 Å². The highest BCUT2D eigenvalue weighted by molar-refractivity contribution is 7.14. The molecule has 2 rings (SSSR count). The first kappa shape index (κ1) is 15.6. The first-order valence-corrected chi connectivity index (χ1v) is 8.02. The smallest absolute Gasteiger partial charge is 0.326 e. The molecule has 0 aromatic carbocycles. The number of amides is 1. The Morgan fingerprint density at radius 3 is 2.81 bits per heavy atom. The van der Waals surface area contributed by atoms with Gasteiger partial charge in [-0.1, -0.05) is 0 Å². The second kappa shape index (κ2) is 7.30. The number of aromatic nitrogens is 1. The number of aliphatic hydroxyl groups is 1. The molecular weight excluding hydrogens is 312 g/mol. The van der Waals surface area contributed by atoms with Gasteiger partial charge in [0.05, 0.1) is 12.1 Å². The summed E-state index contributed by atoms with van der Waals surface area (Å²) in [5.41, 5.74) is 1.62. The highest BCUT2D eigenvalue weighted by Gasteiger charge is 2.19. The summed E-state index contributed by atoms with van der Waals surface area (Å²) in [6.45, 7) is -0.295. The minimum absolute atomic E-state index is 0.0156. The number of aliphatic hydroxyl groups excluding tert-OH is 1. The Morgan fingerprint density at radius 1 is 1.38 bits per heavy atom. The van der Waals surface area contributed by atoms with E-state index in [2.05, 4.69) is 10.3 Å². The fraction of sp³-hybridized carbons (Fsp3) is 0.308. The third-order valence-corrected chi connectivity index (χ3v) is 4.34. The van der Waals surface area contributed by atoms with Gasteiger partial charge in [0.25, 0.3) is 0 Å². The van der Waals surface area contributed by atoms with Gasteiger partial charge in [0, 0.05) is 29.4 Å². The lowest BCUT2D eigenvalue weighted by molar-refractivity contribution is -0.142. The fourth-order valence-corrected chi connectivity index (χ4v) is 3.24. The summed E-state index contributed by atoms with van der Waals surface area (Å²) in [4.78, 5) is 27.1. The van der Waals surface area contributed by atoms with Gasteiger partial charge in [-0.15, -0.1) is 11.3 Å². The second-order valence-electron chi connectivity index (χ2n) is 4.30. The summed E-state index contributed by atoms with van der Waals surface area (Å²) >= 11 is 3.02. The number of hydrogen-bond donors (Lipinski definition) is 3. The van der Waals surface area contributed by atoms with E-state index in [1.54, 1.807) is 16.7 Å². The molecule has 0 bridgehead atoms. The maximum atomic E-state index is 11.8. The molecule has 2 aromatic heterocycles. The fourth-order valence-electron chi connectivity index (χ4n) is 1.70. The van der Waals surface area contributed by atoms with Gasteiger partial charge in [-0.05, 0) is 11.4 Å². The van der Waals surface area contributed by atoms with Crippen molar-refractivity contribution in [3.8, 4) is 10.6 Å². The predicted octanol–water partition coefficient (Wildman–Crippen LogP) is 1.37. The van der Waals surface area contributed by atoms with Crippen molar-refractivity contribution in [3.05, 3.63) is 27.9 Å². The molecular formula is C13H14N2O4S2. The van der Waals surface area contributed by atoms with Crippen LogP contribution in [0, 0.1) is 0 Å². The van der Waals surface area contributed by atoms with Crippen LogP contribution in [-0.4, -0.2) is 39.7 Å². The van der Waals surface area contributed by atoms with E-state index in [0.29, 0.717) is 5.69 Å². The van der Waals surface area contributed by atoms with E-state index < -0.39 is 17.9 Å². The molecule has 1 amide bonds. The second-order valence-corrected chi connectivity index (χ2v) is 5.94. The molecule has 0 saturated heterocycles. The number of carboxylic acid groups (broad SMARTS) is 1. The topological polar surface area (TPSA) is 99.5 Å². The van der Waals surface area contributed by atoms with E-state index in [1.807, 2.05) is 16.8 Å². The van der Waals surface area contributed by atoms with Crippen molar-refractivity contribution in [1.82, 2.24) is 10.3 Å². The first-order valence-electron chi connectivity index (χ1n) is 6.20. The number of carboxylic acids is 1. The van der Waals surface area contributed by atoms with E-state index in [4.69, 9.17) is 10.2 Å². The van der Waals surface area contributed by atoms with Crippen molar-refractivity contribution < 1.29 is 19.8 Å². The first-order chi connectivity index (χ1) is 10.1. The Balaban J connectivity index is 1.95. The number of nitrogens with one attached hydrogen (secondary N) is 1. The molecule has 21 heavy (non-hydrogen) atoms. The molecule has 2 aromatic rings. The number of nitrogens with zero attached hydrogens (tertiary/aromatic N) is 1. The van der Waals surface area contributed by atoms with E-state index in [-0.39, 0.29) is 19.4 Å². The summed E-state index contributed by atoms with van der Waals surface area (Å²) in [6, 6.07) is 0.882. The van der Waals surface area contributed by atoms with Crippen molar-refractivity contribution in [3.63, 3.8) is 0 Å². The maximum absolute atomic E-state index is 11.8. The molecule has 8 heteroatoms. The van der Waals surface area contributed by atoms with Gasteiger partial charge in [-0.3, -0.25) is 4.79 Å². The molecule has 0 aliphatic rings. The molecule has 0 saturated carbocycles. The van der Waals surface area contributed by atoms with Gasteiger partial charge in [0.15, 0.2) is 0 Å². The number of carbonyl (C=O) groups is 2. The molecule has 0 aliphatic carbocycles. The third kappa shape index (κ3) is 4.35. The Labute approximate surface area is 129 Å². The van der Waals surface area contributed by atoms with Crippen LogP contribution in [0.1, 0.15) is 12.1 Å². The number of carbonyl (C=O) groups excluding carboxylic acids is 1. The summed E-state index contributed by atoms with van der Waals surface area (Å²) in [6.07, 6.45) is 0.00807. The predicted molar refractivity (Wildman–Crippen MR) is 80.4 cm³/mol. The number of hydrogen-bond acceptors (Lipinski definition) is 6. The normalized spacial score (nSPS) is 12.0. The van der Waals surface area contributed by atoms with Crippen molar-refractivity contribution in [1.29, 1.82) is 0 Å². The number of thiazole rings is 1. The molecule has 0 fully saturated rings. The van der Waals surface area contributed by atoms with Crippen LogP contribution in [0.2, 0.25) is 0 Å². The van der Waals surface area contributed by atoms with Crippen LogP contribution in [-0.2, 0) is 16.0 Å². The van der Waals surface area contributed by atoms with Gasteiger partial charge >= 0.3 is 5.97 Å². The monoisotopic (exact) mass is 326 g/mol. The summed E-state index contributed by atoms with van der Waals surface area (Å²) in [5.74, 6) is -1.58. The largest absolute Gasteiger partial charge is 0.480 e. The molecule has 0 unspecified atom stereocenters. The molecule has 0 radical (unpaired) electrons. The van der Waals surface area contributed by atoms with Crippen LogP contribution in [0.3, 0.4) is 0 Å². The van der Waals surface area contributed by atoms with Gasteiger partial charge < -0.3 is 15.5 Å².